The highest BCUT2D eigenvalue weighted by molar-refractivity contribution is 5.65. The molecule has 1 aromatic carbocycles. The van der Waals surface area contributed by atoms with E-state index in [1.54, 1.807) is 12.1 Å². The van der Waals surface area contributed by atoms with E-state index in [-0.39, 0.29) is 5.75 Å². The van der Waals surface area contributed by atoms with Crippen molar-refractivity contribution in [2.24, 2.45) is 0 Å². The molecule has 0 saturated carbocycles. The molecule has 6 nitrogen and oxygen atoms in total. The molecule has 0 aliphatic carbocycles. The number of hydrogen-bond acceptors (Lipinski definition) is 6. The number of rotatable bonds is 3. The summed E-state index contributed by atoms with van der Waals surface area (Å²) in [4.78, 5) is 11.8. The number of nitrogens with two attached hydrogens (primary N) is 2. The van der Waals surface area contributed by atoms with Gasteiger partial charge in [0.15, 0.2) is 0 Å². The Bertz CT molecular complexity index is 547. The third-order valence-corrected chi connectivity index (χ3v) is 2.55. The molecule has 0 saturated heterocycles. The van der Waals surface area contributed by atoms with Gasteiger partial charge in [0, 0.05) is 23.0 Å². The van der Waals surface area contributed by atoms with E-state index < -0.39 is 5.92 Å². The first-order valence-corrected chi connectivity index (χ1v) is 5.25. The number of aromatic hydroxyl groups is 1. The van der Waals surface area contributed by atoms with E-state index in [0.717, 1.165) is 0 Å². The van der Waals surface area contributed by atoms with Crippen LogP contribution in [0.15, 0.2) is 37.4 Å². The fraction of sp³-hybridized carbons (Fsp3) is 0.0833. The molecule has 1 aromatic heterocycles. The summed E-state index contributed by atoms with van der Waals surface area (Å²) in [7, 11) is 0. The first-order valence-electron chi connectivity index (χ1n) is 5.25. The number of nitrogens with zero attached hydrogens (tertiary/aromatic N) is 3. The molecule has 1 atom stereocenters. The van der Waals surface area contributed by atoms with Crippen LogP contribution in [0.1, 0.15) is 17.3 Å². The van der Waals surface area contributed by atoms with E-state index in [9.17, 15) is 5.11 Å². The summed E-state index contributed by atoms with van der Waals surface area (Å²) in [6.07, 6.45) is 4.36. The van der Waals surface area contributed by atoms with E-state index >= 15 is 0 Å². The van der Waals surface area contributed by atoms with Crippen LogP contribution in [0.3, 0.4) is 0 Å². The zero-order chi connectivity index (χ0) is 13.1. The Hall–Kier alpha value is -2.63. The van der Waals surface area contributed by atoms with Crippen LogP contribution in [0, 0.1) is 0 Å². The molecule has 0 aliphatic heterocycles. The van der Waals surface area contributed by atoms with Crippen molar-refractivity contribution < 1.29 is 5.11 Å². The average Bonchev–Trinajstić information content (AvgIpc) is 2.34. The molecule has 2 rings (SSSR count). The van der Waals surface area contributed by atoms with Gasteiger partial charge in [-0.2, -0.15) is 0 Å². The van der Waals surface area contributed by atoms with Crippen LogP contribution >= 0.6 is 0 Å². The van der Waals surface area contributed by atoms with Crippen molar-refractivity contribution in [1.29, 1.82) is 0 Å². The van der Waals surface area contributed by atoms with Crippen molar-refractivity contribution in [1.82, 2.24) is 15.0 Å². The van der Waals surface area contributed by atoms with Crippen LogP contribution in [-0.2, 0) is 0 Å². The second kappa shape index (κ2) is 4.70. The van der Waals surface area contributed by atoms with E-state index in [1.807, 2.05) is 0 Å². The monoisotopic (exact) mass is 243 g/mol. The molecule has 1 heterocycles. The van der Waals surface area contributed by atoms with Gasteiger partial charge in [-0.25, -0.2) is 15.0 Å². The molecule has 1 unspecified atom stereocenters. The summed E-state index contributed by atoms with van der Waals surface area (Å²) < 4.78 is 0. The van der Waals surface area contributed by atoms with Gasteiger partial charge in [0.1, 0.15) is 24.2 Å². The number of benzene rings is 1. The van der Waals surface area contributed by atoms with Crippen molar-refractivity contribution in [3.05, 3.63) is 48.8 Å². The SMILES string of the molecule is C=CC(c1ncncn1)c1c(N)cc(N)cc1O. The number of phenols is 1. The van der Waals surface area contributed by atoms with E-state index in [4.69, 9.17) is 11.5 Å². The average molecular weight is 243 g/mol. The lowest BCUT2D eigenvalue weighted by atomic mass is 9.95. The Morgan fingerprint density at radius 3 is 2.44 bits per heavy atom. The Kier molecular flexibility index (Phi) is 3.09. The van der Waals surface area contributed by atoms with Gasteiger partial charge in [-0.05, 0) is 6.07 Å². The zero-order valence-electron chi connectivity index (χ0n) is 9.61. The molecule has 92 valence electrons. The largest absolute Gasteiger partial charge is 0.507 e. The first kappa shape index (κ1) is 11.8. The summed E-state index contributed by atoms with van der Waals surface area (Å²) in [5.41, 5.74) is 12.7. The minimum absolute atomic E-state index is 0.00203. The summed E-state index contributed by atoms with van der Waals surface area (Å²) in [5, 5.41) is 9.96. The molecule has 0 aliphatic rings. The van der Waals surface area contributed by atoms with Crippen molar-refractivity contribution in [3.8, 4) is 5.75 Å². The second-order valence-electron chi connectivity index (χ2n) is 3.75. The molecular weight excluding hydrogens is 230 g/mol. The smallest absolute Gasteiger partial charge is 0.143 e. The number of nitrogen functional groups attached to an aromatic ring is 2. The van der Waals surface area contributed by atoms with Crippen molar-refractivity contribution in [2.75, 3.05) is 11.5 Å². The van der Waals surface area contributed by atoms with Crippen LogP contribution < -0.4 is 11.5 Å². The molecule has 0 bridgehead atoms. The quantitative estimate of drug-likeness (QED) is 0.549. The van der Waals surface area contributed by atoms with E-state index in [2.05, 4.69) is 21.5 Å². The third kappa shape index (κ3) is 2.08. The zero-order valence-corrected chi connectivity index (χ0v) is 9.61. The van der Waals surface area contributed by atoms with Gasteiger partial charge in [0.25, 0.3) is 0 Å². The van der Waals surface area contributed by atoms with Crippen molar-refractivity contribution >= 4 is 11.4 Å². The van der Waals surface area contributed by atoms with Gasteiger partial charge >= 0.3 is 0 Å². The molecular formula is C12H13N5O. The van der Waals surface area contributed by atoms with Gasteiger partial charge in [0.2, 0.25) is 0 Å². The molecule has 6 heteroatoms. The maximum atomic E-state index is 9.96. The van der Waals surface area contributed by atoms with Crippen LogP contribution in [0.2, 0.25) is 0 Å². The minimum Gasteiger partial charge on any atom is -0.507 e. The molecule has 18 heavy (non-hydrogen) atoms. The van der Waals surface area contributed by atoms with Gasteiger partial charge in [0.05, 0.1) is 5.92 Å². The van der Waals surface area contributed by atoms with Crippen LogP contribution in [0.4, 0.5) is 11.4 Å². The number of aromatic nitrogens is 3. The van der Waals surface area contributed by atoms with Gasteiger partial charge in [-0.15, -0.1) is 6.58 Å². The molecule has 0 fully saturated rings. The number of phenolic OH excluding ortho intramolecular Hbond substituents is 1. The highest BCUT2D eigenvalue weighted by Gasteiger charge is 2.20. The molecule has 0 spiro atoms. The number of allylic oxidation sites excluding steroid dienone is 1. The van der Waals surface area contributed by atoms with Gasteiger partial charge in [-0.3, -0.25) is 0 Å². The van der Waals surface area contributed by atoms with Crippen molar-refractivity contribution in [2.45, 2.75) is 5.92 Å². The Balaban J connectivity index is 2.56. The number of hydrogen-bond donors (Lipinski definition) is 3. The molecule has 0 radical (unpaired) electrons. The van der Waals surface area contributed by atoms with Gasteiger partial charge < -0.3 is 16.6 Å². The van der Waals surface area contributed by atoms with E-state index in [0.29, 0.717) is 22.8 Å². The lowest BCUT2D eigenvalue weighted by molar-refractivity contribution is 0.467. The Morgan fingerprint density at radius 2 is 1.89 bits per heavy atom. The predicted molar refractivity (Wildman–Crippen MR) is 68.8 cm³/mol. The summed E-state index contributed by atoms with van der Waals surface area (Å²) in [6, 6.07) is 3.01. The summed E-state index contributed by atoms with van der Waals surface area (Å²) >= 11 is 0. The van der Waals surface area contributed by atoms with E-state index in [1.165, 1.54) is 18.7 Å². The number of anilines is 2. The molecule has 0 amide bonds. The minimum atomic E-state index is -0.409. The third-order valence-electron chi connectivity index (χ3n) is 2.55. The fourth-order valence-electron chi connectivity index (χ4n) is 1.78. The van der Waals surface area contributed by atoms with Crippen LogP contribution in [0.5, 0.6) is 5.75 Å². The Morgan fingerprint density at radius 1 is 1.22 bits per heavy atom. The second-order valence-corrected chi connectivity index (χ2v) is 3.75. The van der Waals surface area contributed by atoms with Crippen LogP contribution in [0.25, 0.3) is 0 Å². The lowest BCUT2D eigenvalue weighted by Gasteiger charge is -2.15. The lowest BCUT2D eigenvalue weighted by Crippen LogP contribution is -2.07. The maximum Gasteiger partial charge on any atom is 0.143 e. The Labute approximate surface area is 104 Å². The summed E-state index contributed by atoms with van der Waals surface area (Å²) in [5.74, 6) is 0.0539. The topological polar surface area (TPSA) is 111 Å². The highest BCUT2D eigenvalue weighted by atomic mass is 16.3. The molecule has 5 N–H and O–H groups in total. The van der Waals surface area contributed by atoms with Crippen LogP contribution in [-0.4, -0.2) is 20.1 Å². The normalized spacial score (nSPS) is 12.0. The summed E-state index contributed by atoms with van der Waals surface area (Å²) in [6.45, 7) is 3.72. The maximum absolute atomic E-state index is 9.96. The van der Waals surface area contributed by atoms with Crippen molar-refractivity contribution in [3.63, 3.8) is 0 Å². The predicted octanol–water partition coefficient (Wildman–Crippen LogP) is 1.06. The highest BCUT2D eigenvalue weighted by Crippen LogP contribution is 2.36. The molecule has 2 aromatic rings. The van der Waals surface area contributed by atoms with Gasteiger partial charge in [-0.1, -0.05) is 6.08 Å². The fourth-order valence-corrected chi connectivity index (χ4v) is 1.78. The first-order chi connectivity index (χ1) is 8.63. The standard InChI is InChI=1S/C12H13N5O/c1-2-8(12-16-5-15-6-17-12)11-9(14)3-7(13)4-10(11)18/h2-6,8,18H,1,13-14H2.